The van der Waals surface area contributed by atoms with Crippen LogP contribution >= 0.6 is 0 Å². The molecule has 1 atom stereocenters. The van der Waals surface area contributed by atoms with Gasteiger partial charge in [0.25, 0.3) is 0 Å². The maximum absolute atomic E-state index is 12.9. The van der Waals surface area contributed by atoms with Crippen LogP contribution in [-0.2, 0) is 0 Å². The van der Waals surface area contributed by atoms with Crippen LogP contribution in [0.3, 0.4) is 0 Å². The number of nitrogens with one attached hydrogen (secondary N) is 1. The van der Waals surface area contributed by atoms with Crippen LogP contribution in [0.4, 0.5) is 10.5 Å². The smallest absolute Gasteiger partial charge is 0.322 e. The molecular formula is C22H24N4O3. The van der Waals surface area contributed by atoms with Crippen molar-refractivity contribution in [2.24, 2.45) is 0 Å². The summed E-state index contributed by atoms with van der Waals surface area (Å²) in [5.74, 6) is 1.65. The fourth-order valence-corrected chi connectivity index (χ4v) is 3.50. The fraction of sp³-hybridized carbons (Fsp3) is 0.318. The molecule has 29 heavy (non-hydrogen) atoms. The van der Waals surface area contributed by atoms with E-state index in [0.717, 1.165) is 18.4 Å². The van der Waals surface area contributed by atoms with Crippen molar-refractivity contribution in [2.75, 3.05) is 18.5 Å². The molecule has 1 aromatic heterocycles. The second kappa shape index (κ2) is 8.34. The lowest BCUT2D eigenvalue weighted by atomic mass is 10.1. The van der Waals surface area contributed by atoms with Gasteiger partial charge < -0.3 is 19.5 Å². The number of rotatable bonds is 5. The predicted octanol–water partition coefficient (Wildman–Crippen LogP) is 4.81. The van der Waals surface area contributed by atoms with Gasteiger partial charge in [-0.3, -0.25) is 0 Å². The number of carbonyl (C=O) groups excluding carboxylic acids is 1. The molecule has 1 fully saturated rings. The normalized spacial score (nSPS) is 16.1. The van der Waals surface area contributed by atoms with E-state index in [-0.39, 0.29) is 12.1 Å². The van der Waals surface area contributed by atoms with E-state index >= 15 is 0 Å². The second-order valence-electron chi connectivity index (χ2n) is 7.03. The Morgan fingerprint density at radius 2 is 2.03 bits per heavy atom. The van der Waals surface area contributed by atoms with Gasteiger partial charge in [-0.25, -0.2) is 4.79 Å². The number of benzene rings is 2. The van der Waals surface area contributed by atoms with E-state index in [1.807, 2.05) is 62.4 Å². The van der Waals surface area contributed by atoms with Crippen LogP contribution in [0.5, 0.6) is 5.75 Å². The molecule has 1 aliphatic rings. The average molecular weight is 392 g/mol. The Bertz CT molecular complexity index is 984. The maximum Gasteiger partial charge on any atom is 0.322 e. The number of ether oxygens (including phenoxy) is 1. The summed E-state index contributed by atoms with van der Waals surface area (Å²) in [5, 5.41) is 7.07. The number of hydrogen-bond donors (Lipinski definition) is 1. The quantitative estimate of drug-likeness (QED) is 0.674. The number of hydrogen-bond acceptors (Lipinski definition) is 5. The van der Waals surface area contributed by atoms with Gasteiger partial charge in [0.1, 0.15) is 11.8 Å². The molecule has 0 radical (unpaired) electrons. The summed E-state index contributed by atoms with van der Waals surface area (Å²) in [5.41, 5.74) is 2.71. The largest absolute Gasteiger partial charge is 0.492 e. The highest BCUT2D eigenvalue weighted by Gasteiger charge is 2.34. The van der Waals surface area contributed by atoms with Crippen molar-refractivity contribution in [2.45, 2.75) is 32.7 Å². The number of para-hydroxylation sites is 2. The molecule has 0 saturated carbocycles. The third-order valence-electron chi connectivity index (χ3n) is 4.98. The number of nitrogens with zero attached hydrogens (tertiary/aromatic N) is 3. The van der Waals surface area contributed by atoms with Gasteiger partial charge in [0.2, 0.25) is 11.7 Å². The van der Waals surface area contributed by atoms with E-state index < -0.39 is 0 Å². The molecule has 7 heteroatoms. The van der Waals surface area contributed by atoms with Crippen LogP contribution in [0.15, 0.2) is 53.1 Å². The highest BCUT2D eigenvalue weighted by molar-refractivity contribution is 5.91. The van der Waals surface area contributed by atoms with Gasteiger partial charge in [0, 0.05) is 12.1 Å². The molecule has 0 bridgehead atoms. The van der Waals surface area contributed by atoms with Crippen LogP contribution in [0.2, 0.25) is 0 Å². The average Bonchev–Trinajstić information content (AvgIpc) is 3.39. The molecule has 0 aliphatic carbocycles. The van der Waals surface area contributed by atoms with E-state index in [2.05, 4.69) is 15.5 Å². The Kier molecular flexibility index (Phi) is 5.46. The first-order valence-electron chi connectivity index (χ1n) is 9.86. The summed E-state index contributed by atoms with van der Waals surface area (Å²) in [4.78, 5) is 19.2. The molecule has 1 unspecified atom stereocenters. The van der Waals surface area contributed by atoms with Gasteiger partial charge in [-0.1, -0.05) is 47.1 Å². The minimum atomic E-state index is -0.235. The van der Waals surface area contributed by atoms with Gasteiger partial charge in [0.05, 0.1) is 12.3 Å². The summed E-state index contributed by atoms with van der Waals surface area (Å²) >= 11 is 0. The molecule has 1 saturated heterocycles. The predicted molar refractivity (Wildman–Crippen MR) is 110 cm³/mol. The first-order chi connectivity index (χ1) is 14.2. The number of likely N-dealkylation sites (tertiary alicyclic amines) is 1. The van der Waals surface area contributed by atoms with Crippen LogP contribution < -0.4 is 10.1 Å². The van der Waals surface area contributed by atoms with Gasteiger partial charge in [0.15, 0.2) is 0 Å². The van der Waals surface area contributed by atoms with Gasteiger partial charge >= 0.3 is 6.03 Å². The van der Waals surface area contributed by atoms with E-state index in [1.54, 1.807) is 4.90 Å². The molecule has 150 valence electrons. The van der Waals surface area contributed by atoms with Crippen molar-refractivity contribution in [3.8, 4) is 17.1 Å². The summed E-state index contributed by atoms with van der Waals surface area (Å²) in [6, 6.07) is 14.9. The van der Waals surface area contributed by atoms with E-state index in [9.17, 15) is 4.79 Å². The van der Waals surface area contributed by atoms with Crippen molar-refractivity contribution in [3.63, 3.8) is 0 Å². The molecule has 0 spiro atoms. The fourth-order valence-electron chi connectivity index (χ4n) is 3.50. The monoisotopic (exact) mass is 392 g/mol. The second-order valence-corrected chi connectivity index (χ2v) is 7.03. The lowest BCUT2D eigenvalue weighted by Gasteiger charge is -2.23. The highest BCUT2D eigenvalue weighted by atomic mass is 16.5. The van der Waals surface area contributed by atoms with Crippen molar-refractivity contribution in [1.29, 1.82) is 0 Å². The highest BCUT2D eigenvalue weighted by Crippen LogP contribution is 2.33. The molecular weight excluding hydrogens is 368 g/mol. The Balaban J connectivity index is 1.51. The number of aryl methyl sites for hydroxylation is 1. The molecule has 2 aromatic carbocycles. The molecule has 2 amide bonds. The Morgan fingerprint density at radius 1 is 1.24 bits per heavy atom. The lowest BCUT2D eigenvalue weighted by molar-refractivity contribution is 0.193. The van der Waals surface area contributed by atoms with E-state index in [1.165, 1.54) is 5.56 Å². The SMILES string of the molecule is CCOc1ccccc1NC(=O)N1CCCC1c1nc(-c2ccc(C)cc2)no1. The summed E-state index contributed by atoms with van der Waals surface area (Å²) in [7, 11) is 0. The molecule has 3 aromatic rings. The topological polar surface area (TPSA) is 80.5 Å². The minimum Gasteiger partial charge on any atom is -0.492 e. The third-order valence-corrected chi connectivity index (χ3v) is 4.98. The van der Waals surface area contributed by atoms with E-state index in [0.29, 0.717) is 36.3 Å². The van der Waals surface area contributed by atoms with Gasteiger partial charge in [-0.05, 0) is 38.8 Å². The zero-order valence-electron chi connectivity index (χ0n) is 16.6. The molecule has 7 nitrogen and oxygen atoms in total. The Morgan fingerprint density at radius 3 is 2.83 bits per heavy atom. The zero-order valence-corrected chi connectivity index (χ0v) is 16.6. The Labute approximate surface area is 169 Å². The summed E-state index contributed by atoms with van der Waals surface area (Å²) in [6.07, 6.45) is 1.67. The van der Waals surface area contributed by atoms with Crippen LogP contribution in [0.25, 0.3) is 11.4 Å². The first kappa shape index (κ1) is 19.0. The number of aromatic nitrogens is 2. The van der Waals surface area contributed by atoms with Gasteiger partial charge in [-0.15, -0.1) is 0 Å². The van der Waals surface area contributed by atoms with Crippen molar-refractivity contribution in [1.82, 2.24) is 15.0 Å². The molecule has 2 heterocycles. The van der Waals surface area contributed by atoms with Crippen LogP contribution in [0, 0.1) is 6.92 Å². The number of carbonyl (C=O) groups is 1. The minimum absolute atomic E-state index is 0.199. The lowest BCUT2D eigenvalue weighted by Crippen LogP contribution is -2.34. The van der Waals surface area contributed by atoms with Crippen molar-refractivity contribution in [3.05, 3.63) is 60.0 Å². The summed E-state index contributed by atoms with van der Waals surface area (Å²) in [6.45, 7) is 5.11. The van der Waals surface area contributed by atoms with Crippen molar-refractivity contribution < 1.29 is 14.1 Å². The Hall–Kier alpha value is -3.35. The third kappa shape index (κ3) is 4.08. The van der Waals surface area contributed by atoms with Gasteiger partial charge in [-0.2, -0.15) is 4.98 Å². The maximum atomic E-state index is 12.9. The van der Waals surface area contributed by atoms with Crippen LogP contribution in [0.1, 0.15) is 37.3 Å². The number of amides is 2. The van der Waals surface area contributed by atoms with Crippen LogP contribution in [-0.4, -0.2) is 34.2 Å². The summed E-state index contributed by atoms with van der Waals surface area (Å²) < 4.78 is 11.1. The molecule has 4 rings (SSSR count). The van der Waals surface area contributed by atoms with Crippen molar-refractivity contribution >= 4 is 11.7 Å². The number of anilines is 1. The first-order valence-corrected chi connectivity index (χ1v) is 9.86. The molecule has 1 aliphatic heterocycles. The molecule has 1 N–H and O–H groups in total. The standard InChI is InChI=1S/C22H24N4O3/c1-3-28-19-9-5-4-7-17(19)23-22(27)26-14-6-8-18(26)21-24-20(25-29-21)16-12-10-15(2)11-13-16/h4-5,7,9-13,18H,3,6,8,14H2,1-2H3,(H,23,27). The van der Waals surface area contributed by atoms with E-state index in [4.69, 9.17) is 9.26 Å². The number of urea groups is 1. The zero-order chi connectivity index (χ0) is 20.2.